The lowest BCUT2D eigenvalue weighted by molar-refractivity contribution is -0.121. The molecule has 0 spiro atoms. The lowest BCUT2D eigenvalue weighted by atomic mass is 10.2. The van der Waals surface area contributed by atoms with Gasteiger partial charge in [-0.05, 0) is 38.4 Å². The fourth-order valence-electron chi connectivity index (χ4n) is 1.70. The van der Waals surface area contributed by atoms with Crippen molar-refractivity contribution in [2.75, 3.05) is 26.0 Å². The van der Waals surface area contributed by atoms with Crippen LogP contribution in [0.2, 0.25) is 0 Å². The number of alkyl halides is 1. The van der Waals surface area contributed by atoms with Crippen LogP contribution in [-0.4, -0.2) is 36.8 Å². The zero-order valence-corrected chi connectivity index (χ0v) is 13.4. The van der Waals surface area contributed by atoms with Crippen molar-refractivity contribution in [3.63, 3.8) is 0 Å². The Balaban J connectivity index is 2.37. The zero-order chi connectivity index (χ0) is 13.4. The third-order valence-electron chi connectivity index (χ3n) is 2.78. The number of unbranched alkanes of at least 4 members (excludes halogenated alkanes) is 1. The van der Waals surface area contributed by atoms with Gasteiger partial charge in [0.2, 0.25) is 5.91 Å². The molecule has 5 heteroatoms. The third-order valence-corrected chi connectivity index (χ3v) is 4.31. The van der Waals surface area contributed by atoms with Gasteiger partial charge in [0.05, 0.1) is 6.04 Å². The minimum absolute atomic E-state index is 0.152. The van der Waals surface area contributed by atoms with Crippen molar-refractivity contribution in [1.29, 1.82) is 0 Å². The summed E-state index contributed by atoms with van der Waals surface area (Å²) in [6, 6.07) is 4.44. The predicted molar refractivity (Wildman–Crippen MR) is 81.4 cm³/mol. The molecular formula is C13H21BrN2OS. The number of nitrogens with zero attached hydrogens (tertiary/aromatic N) is 1. The average molecular weight is 333 g/mol. The van der Waals surface area contributed by atoms with E-state index in [-0.39, 0.29) is 11.9 Å². The first-order chi connectivity index (χ1) is 8.65. The Bertz CT molecular complexity index is 341. The molecule has 102 valence electrons. The molecule has 0 bridgehead atoms. The summed E-state index contributed by atoms with van der Waals surface area (Å²) in [5.74, 6) is 0.152. The smallest absolute Gasteiger partial charge is 0.220 e. The number of rotatable bonds is 8. The minimum Gasteiger partial charge on any atom is -0.354 e. The van der Waals surface area contributed by atoms with Gasteiger partial charge >= 0.3 is 0 Å². The van der Waals surface area contributed by atoms with Gasteiger partial charge in [-0.25, -0.2) is 0 Å². The number of carbonyl (C=O) groups excluding carboxylic acids is 1. The van der Waals surface area contributed by atoms with Crippen molar-refractivity contribution >= 4 is 33.2 Å². The van der Waals surface area contributed by atoms with Gasteiger partial charge in [-0.3, -0.25) is 4.79 Å². The molecule has 0 fully saturated rings. The summed E-state index contributed by atoms with van der Waals surface area (Å²) >= 11 is 5.10. The number of hydrogen-bond acceptors (Lipinski definition) is 3. The molecule has 1 atom stereocenters. The first-order valence-electron chi connectivity index (χ1n) is 6.17. The van der Waals surface area contributed by atoms with Crippen LogP contribution < -0.4 is 5.32 Å². The quantitative estimate of drug-likeness (QED) is 0.586. The van der Waals surface area contributed by atoms with Crippen LogP contribution in [0, 0.1) is 0 Å². The van der Waals surface area contributed by atoms with Gasteiger partial charge in [0.1, 0.15) is 0 Å². The third kappa shape index (κ3) is 5.50. The van der Waals surface area contributed by atoms with E-state index in [1.54, 1.807) is 11.3 Å². The van der Waals surface area contributed by atoms with Crippen molar-refractivity contribution in [2.45, 2.75) is 25.3 Å². The number of hydrogen-bond donors (Lipinski definition) is 1. The van der Waals surface area contributed by atoms with Crippen LogP contribution in [0.25, 0.3) is 0 Å². The normalized spacial score (nSPS) is 12.7. The maximum absolute atomic E-state index is 11.7. The van der Waals surface area contributed by atoms with E-state index < -0.39 is 0 Å². The summed E-state index contributed by atoms with van der Waals surface area (Å²) < 4.78 is 0. The van der Waals surface area contributed by atoms with Gasteiger partial charge < -0.3 is 10.2 Å². The fraction of sp³-hybridized carbons (Fsp3) is 0.615. The molecule has 0 radical (unpaired) electrons. The second kappa shape index (κ2) is 8.67. The number of halogens is 1. The maximum Gasteiger partial charge on any atom is 0.220 e. The fourth-order valence-corrected chi connectivity index (χ4v) is 3.02. The standard InChI is InChI=1S/C13H21BrN2OS/c1-16(2)11(12-6-5-9-18-12)10-15-13(17)7-3-4-8-14/h5-6,9,11H,3-4,7-8,10H2,1-2H3,(H,15,17). The molecule has 1 N–H and O–H groups in total. The Morgan fingerprint density at radius 3 is 2.83 bits per heavy atom. The van der Waals surface area contributed by atoms with Crippen molar-refractivity contribution in [3.8, 4) is 0 Å². The molecule has 0 aliphatic heterocycles. The van der Waals surface area contributed by atoms with Crippen LogP contribution in [0.3, 0.4) is 0 Å². The Kier molecular flexibility index (Phi) is 7.54. The van der Waals surface area contributed by atoms with E-state index in [9.17, 15) is 4.79 Å². The lowest BCUT2D eigenvalue weighted by Crippen LogP contribution is -2.34. The summed E-state index contributed by atoms with van der Waals surface area (Å²) in [6.45, 7) is 0.681. The van der Waals surface area contributed by atoms with E-state index in [1.165, 1.54) is 4.88 Å². The largest absolute Gasteiger partial charge is 0.354 e. The summed E-state index contributed by atoms with van der Waals surface area (Å²) in [5, 5.41) is 6.06. The van der Waals surface area contributed by atoms with Gasteiger partial charge in [-0.2, -0.15) is 0 Å². The lowest BCUT2D eigenvalue weighted by Gasteiger charge is -2.23. The van der Waals surface area contributed by atoms with E-state index in [2.05, 4.69) is 37.6 Å². The number of amides is 1. The van der Waals surface area contributed by atoms with Crippen LogP contribution in [0.5, 0.6) is 0 Å². The van der Waals surface area contributed by atoms with Crippen molar-refractivity contribution in [2.24, 2.45) is 0 Å². The highest BCUT2D eigenvalue weighted by Crippen LogP contribution is 2.22. The van der Waals surface area contributed by atoms with Gasteiger partial charge in [0.25, 0.3) is 0 Å². The van der Waals surface area contributed by atoms with Crippen LogP contribution in [0.1, 0.15) is 30.2 Å². The first kappa shape index (κ1) is 15.7. The number of nitrogens with one attached hydrogen (secondary N) is 1. The number of carbonyl (C=O) groups is 1. The number of thiophene rings is 1. The monoisotopic (exact) mass is 332 g/mol. The average Bonchev–Trinajstić information content (AvgIpc) is 2.83. The SMILES string of the molecule is CN(C)C(CNC(=O)CCCCBr)c1cccs1. The van der Waals surface area contributed by atoms with E-state index in [1.807, 2.05) is 20.2 Å². The van der Waals surface area contributed by atoms with Crippen LogP contribution >= 0.6 is 27.3 Å². The second-order valence-electron chi connectivity index (χ2n) is 4.44. The number of likely N-dealkylation sites (N-methyl/N-ethyl adjacent to an activating group) is 1. The van der Waals surface area contributed by atoms with Gasteiger partial charge in [0.15, 0.2) is 0 Å². The molecule has 0 aliphatic carbocycles. The molecule has 0 saturated carbocycles. The van der Waals surface area contributed by atoms with Crippen molar-refractivity contribution in [3.05, 3.63) is 22.4 Å². The summed E-state index contributed by atoms with van der Waals surface area (Å²) in [5.41, 5.74) is 0. The van der Waals surface area contributed by atoms with Crippen LogP contribution in [-0.2, 0) is 4.79 Å². The van der Waals surface area contributed by atoms with E-state index in [0.29, 0.717) is 13.0 Å². The Morgan fingerprint density at radius 2 is 2.28 bits per heavy atom. The molecular weight excluding hydrogens is 312 g/mol. The van der Waals surface area contributed by atoms with E-state index in [4.69, 9.17) is 0 Å². The Labute approximate surface area is 122 Å². The molecule has 18 heavy (non-hydrogen) atoms. The summed E-state index contributed by atoms with van der Waals surface area (Å²) in [4.78, 5) is 15.1. The highest BCUT2D eigenvalue weighted by Gasteiger charge is 2.15. The van der Waals surface area contributed by atoms with E-state index in [0.717, 1.165) is 18.2 Å². The van der Waals surface area contributed by atoms with Crippen LogP contribution in [0.4, 0.5) is 0 Å². The maximum atomic E-state index is 11.7. The topological polar surface area (TPSA) is 32.3 Å². The van der Waals surface area contributed by atoms with Crippen LogP contribution in [0.15, 0.2) is 17.5 Å². The minimum atomic E-state index is 0.152. The van der Waals surface area contributed by atoms with Crippen molar-refractivity contribution < 1.29 is 4.79 Å². The molecule has 1 rings (SSSR count). The molecule has 0 aliphatic rings. The molecule has 1 unspecified atom stereocenters. The van der Waals surface area contributed by atoms with Gasteiger partial charge in [-0.1, -0.05) is 22.0 Å². The summed E-state index contributed by atoms with van der Waals surface area (Å²) in [6.07, 6.45) is 2.62. The molecule has 1 aromatic rings. The van der Waals surface area contributed by atoms with Gasteiger partial charge in [-0.15, -0.1) is 11.3 Å². The Morgan fingerprint density at radius 1 is 1.50 bits per heavy atom. The highest BCUT2D eigenvalue weighted by atomic mass is 79.9. The second-order valence-corrected chi connectivity index (χ2v) is 6.22. The van der Waals surface area contributed by atoms with Gasteiger partial charge in [0, 0.05) is 23.2 Å². The zero-order valence-electron chi connectivity index (χ0n) is 11.0. The molecule has 1 aromatic heterocycles. The first-order valence-corrected chi connectivity index (χ1v) is 8.17. The molecule has 0 saturated heterocycles. The highest BCUT2D eigenvalue weighted by molar-refractivity contribution is 9.09. The predicted octanol–water partition coefficient (Wildman–Crippen LogP) is 3.03. The Hall–Kier alpha value is -0.390. The summed E-state index contributed by atoms with van der Waals surface area (Å²) in [7, 11) is 4.09. The molecule has 3 nitrogen and oxygen atoms in total. The molecule has 0 aromatic carbocycles. The molecule has 1 amide bonds. The van der Waals surface area contributed by atoms with E-state index >= 15 is 0 Å². The van der Waals surface area contributed by atoms with Crippen molar-refractivity contribution in [1.82, 2.24) is 10.2 Å². The molecule has 1 heterocycles.